The van der Waals surface area contributed by atoms with Crippen LogP contribution in [0.15, 0.2) is 24.4 Å². The number of phenolic OH excluding ortho intramolecular Hbond substituents is 1. The van der Waals surface area contributed by atoms with Crippen LogP contribution in [-0.4, -0.2) is 28.1 Å². The molecule has 19 heavy (non-hydrogen) atoms. The van der Waals surface area contributed by atoms with E-state index in [1.54, 1.807) is 12.1 Å². The van der Waals surface area contributed by atoms with Gasteiger partial charge in [-0.05, 0) is 30.2 Å². The van der Waals surface area contributed by atoms with Crippen molar-refractivity contribution in [3.8, 4) is 5.75 Å². The summed E-state index contributed by atoms with van der Waals surface area (Å²) in [7, 11) is 0. The Labute approximate surface area is 111 Å². The maximum Gasteiger partial charge on any atom is 0.234 e. The molecule has 102 valence electrons. The van der Waals surface area contributed by atoms with Crippen LogP contribution in [0.3, 0.4) is 0 Å². The highest BCUT2D eigenvalue weighted by Gasteiger charge is 2.18. The standard InChI is InChI=1S/C14H19N3O2/c1-8(2)17-13(14(15)19)5-9-7-16-12-4-3-10(18)6-11(9)12/h3-4,6-8,13,16-18H,5H2,1-2H3,(H2,15,19)/t13-/m0/s1. The van der Waals surface area contributed by atoms with Gasteiger partial charge in [-0.25, -0.2) is 0 Å². The summed E-state index contributed by atoms with van der Waals surface area (Å²) in [6.45, 7) is 3.94. The molecular formula is C14H19N3O2. The highest BCUT2D eigenvalue weighted by Crippen LogP contribution is 2.23. The van der Waals surface area contributed by atoms with Crippen LogP contribution in [0.2, 0.25) is 0 Å². The molecule has 1 heterocycles. The quantitative estimate of drug-likeness (QED) is 0.653. The van der Waals surface area contributed by atoms with E-state index in [9.17, 15) is 9.90 Å². The number of nitrogens with one attached hydrogen (secondary N) is 2. The number of hydrogen-bond donors (Lipinski definition) is 4. The maximum absolute atomic E-state index is 11.5. The van der Waals surface area contributed by atoms with E-state index in [0.29, 0.717) is 6.42 Å². The van der Waals surface area contributed by atoms with Gasteiger partial charge in [-0.3, -0.25) is 4.79 Å². The number of aromatic hydroxyl groups is 1. The van der Waals surface area contributed by atoms with E-state index in [1.807, 2.05) is 26.1 Å². The van der Waals surface area contributed by atoms with Gasteiger partial charge in [-0.1, -0.05) is 13.8 Å². The van der Waals surface area contributed by atoms with Crippen molar-refractivity contribution in [2.75, 3.05) is 0 Å². The van der Waals surface area contributed by atoms with E-state index >= 15 is 0 Å². The van der Waals surface area contributed by atoms with Crippen LogP contribution in [0.4, 0.5) is 0 Å². The van der Waals surface area contributed by atoms with Crippen LogP contribution in [0.25, 0.3) is 10.9 Å². The first-order valence-corrected chi connectivity index (χ1v) is 6.31. The summed E-state index contributed by atoms with van der Waals surface area (Å²) < 4.78 is 0. The van der Waals surface area contributed by atoms with Gasteiger partial charge in [0.2, 0.25) is 5.91 Å². The number of fused-ring (bicyclic) bond motifs is 1. The minimum absolute atomic E-state index is 0.177. The van der Waals surface area contributed by atoms with Crippen LogP contribution in [-0.2, 0) is 11.2 Å². The number of aromatic amines is 1. The fourth-order valence-electron chi connectivity index (χ4n) is 2.20. The molecule has 5 nitrogen and oxygen atoms in total. The predicted molar refractivity (Wildman–Crippen MR) is 74.9 cm³/mol. The van der Waals surface area contributed by atoms with Crippen LogP contribution < -0.4 is 11.1 Å². The van der Waals surface area contributed by atoms with Crippen molar-refractivity contribution in [3.63, 3.8) is 0 Å². The van der Waals surface area contributed by atoms with Gasteiger partial charge >= 0.3 is 0 Å². The Hall–Kier alpha value is -2.01. The summed E-state index contributed by atoms with van der Waals surface area (Å²) in [6.07, 6.45) is 2.35. The molecule has 2 rings (SSSR count). The van der Waals surface area contributed by atoms with Crippen LogP contribution in [0.5, 0.6) is 5.75 Å². The van der Waals surface area contributed by atoms with E-state index in [0.717, 1.165) is 16.5 Å². The lowest BCUT2D eigenvalue weighted by atomic mass is 10.0. The molecule has 5 N–H and O–H groups in total. The Balaban J connectivity index is 2.28. The minimum atomic E-state index is -0.415. The summed E-state index contributed by atoms with van der Waals surface area (Å²) >= 11 is 0. The first-order chi connectivity index (χ1) is 8.97. The molecule has 0 bridgehead atoms. The molecule has 1 atom stereocenters. The van der Waals surface area contributed by atoms with Crippen LogP contribution in [0.1, 0.15) is 19.4 Å². The van der Waals surface area contributed by atoms with Gasteiger partial charge in [0.1, 0.15) is 5.75 Å². The number of carbonyl (C=O) groups is 1. The van der Waals surface area contributed by atoms with Crippen LogP contribution in [0, 0.1) is 0 Å². The summed E-state index contributed by atoms with van der Waals surface area (Å²) in [6, 6.07) is 4.89. The summed E-state index contributed by atoms with van der Waals surface area (Å²) in [5.41, 5.74) is 7.31. The average Bonchev–Trinajstić information content (AvgIpc) is 2.70. The van der Waals surface area contributed by atoms with Gasteiger partial charge in [-0.15, -0.1) is 0 Å². The number of hydrogen-bond acceptors (Lipinski definition) is 3. The third-order valence-corrected chi connectivity index (χ3v) is 3.05. The van der Waals surface area contributed by atoms with Gasteiger partial charge in [0.25, 0.3) is 0 Å². The van der Waals surface area contributed by atoms with E-state index in [4.69, 9.17) is 5.73 Å². The summed E-state index contributed by atoms with van der Waals surface area (Å²) in [5.74, 6) is -0.163. The van der Waals surface area contributed by atoms with Gasteiger partial charge in [0.15, 0.2) is 0 Å². The molecule has 0 unspecified atom stereocenters. The van der Waals surface area contributed by atoms with Crippen molar-refractivity contribution in [2.24, 2.45) is 5.73 Å². The molecule has 2 aromatic rings. The number of rotatable bonds is 5. The molecular weight excluding hydrogens is 242 g/mol. The predicted octanol–water partition coefficient (Wildman–Crippen LogP) is 1.27. The fraction of sp³-hybridized carbons (Fsp3) is 0.357. The van der Waals surface area contributed by atoms with E-state index < -0.39 is 6.04 Å². The molecule has 0 aliphatic heterocycles. The molecule has 0 aliphatic carbocycles. The number of H-pyrrole nitrogens is 1. The van der Waals surface area contributed by atoms with E-state index in [-0.39, 0.29) is 17.7 Å². The number of carbonyl (C=O) groups excluding carboxylic acids is 1. The van der Waals surface area contributed by atoms with Crippen molar-refractivity contribution in [3.05, 3.63) is 30.0 Å². The molecule has 0 radical (unpaired) electrons. The molecule has 0 aliphatic rings. The van der Waals surface area contributed by atoms with Gasteiger partial charge in [0, 0.05) is 23.1 Å². The number of amides is 1. The lowest BCUT2D eigenvalue weighted by Gasteiger charge is -2.17. The van der Waals surface area contributed by atoms with E-state index in [1.165, 1.54) is 0 Å². The smallest absolute Gasteiger partial charge is 0.234 e. The molecule has 0 saturated carbocycles. The van der Waals surface area contributed by atoms with Crippen molar-refractivity contribution < 1.29 is 9.90 Å². The monoisotopic (exact) mass is 261 g/mol. The maximum atomic E-state index is 11.5. The molecule has 1 aromatic heterocycles. The molecule has 1 amide bonds. The number of aromatic nitrogens is 1. The third-order valence-electron chi connectivity index (χ3n) is 3.05. The number of primary amides is 1. The Morgan fingerprint density at radius 1 is 1.47 bits per heavy atom. The molecule has 1 aromatic carbocycles. The molecule has 0 fully saturated rings. The lowest BCUT2D eigenvalue weighted by Crippen LogP contribution is -2.45. The Morgan fingerprint density at radius 2 is 2.21 bits per heavy atom. The van der Waals surface area contributed by atoms with Gasteiger partial charge < -0.3 is 21.1 Å². The highest BCUT2D eigenvalue weighted by molar-refractivity contribution is 5.86. The lowest BCUT2D eigenvalue weighted by molar-refractivity contribution is -0.120. The third kappa shape index (κ3) is 3.06. The topological polar surface area (TPSA) is 91.1 Å². The second-order valence-corrected chi connectivity index (χ2v) is 5.02. The molecule has 5 heteroatoms. The van der Waals surface area contributed by atoms with Crippen LogP contribution >= 0.6 is 0 Å². The molecule has 0 saturated heterocycles. The normalized spacial score (nSPS) is 13.0. The number of benzene rings is 1. The minimum Gasteiger partial charge on any atom is -0.508 e. The Kier molecular flexibility index (Phi) is 3.76. The average molecular weight is 261 g/mol. The fourth-order valence-corrected chi connectivity index (χ4v) is 2.20. The largest absolute Gasteiger partial charge is 0.508 e. The first-order valence-electron chi connectivity index (χ1n) is 6.31. The van der Waals surface area contributed by atoms with Crippen molar-refractivity contribution >= 4 is 16.8 Å². The Morgan fingerprint density at radius 3 is 2.84 bits per heavy atom. The summed E-state index contributed by atoms with van der Waals surface area (Å²) in [5, 5.41) is 13.6. The highest BCUT2D eigenvalue weighted by atomic mass is 16.3. The molecule has 0 spiro atoms. The van der Waals surface area contributed by atoms with Crippen molar-refractivity contribution in [2.45, 2.75) is 32.4 Å². The second-order valence-electron chi connectivity index (χ2n) is 5.02. The second kappa shape index (κ2) is 5.32. The number of phenols is 1. The zero-order valence-corrected chi connectivity index (χ0v) is 11.1. The van der Waals surface area contributed by atoms with E-state index in [2.05, 4.69) is 10.3 Å². The first kappa shape index (κ1) is 13.4. The SMILES string of the molecule is CC(C)N[C@@H](Cc1c[nH]c2ccc(O)cc12)C(N)=O. The van der Waals surface area contributed by atoms with Gasteiger partial charge in [0.05, 0.1) is 6.04 Å². The van der Waals surface area contributed by atoms with Crippen molar-refractivity contribution in [1.82, 2.24) is 10.3 Å². The Bertz CT molecular complexity index is 589. The van der Waals surface area contributed by atoms with Crippen molar-refractivity contribution in [1.29, 1.82) is 0 Å². The number of nitrogens with two attached hydrogens (primary N) is 1. The zero-order chi connectivity index (χ0) is 14.0. The summed E-state index contributed by atoms with van der Waals surface area (Å²) in [4.78, 5) is 14.6. The van der Waals surface area contributed by atoms with Gasteiger partial charge in [-0.2, -0.15) is 0 Å². The zero-order valence-electron chi connectivity index (χ0n) is 11.1.